The first-order valence-corrected chi connectivity index (χ1v) is 10.6. The molecule has 0 aliphatic carbocycles. The SMILES string of the molecule is COc1ccc(NC(=O)CS(=O)(=O)Cc2ccc(C#N)cc2)cc1-n1nnnc1C. The number of rotatable bonds is 7. The van der Waals surface area contributed by atoms with Crippen molar-refractivity contribution in [2.75, 3.05) is 18.2 Å². The summed E-state index contributed by atoms with van der Waals surface area (Å²) in [4.78, 5) is 12.3. The maximum Gasteiger partial charge on any atom is 0.239 e. The van der Waals surface area contributed by atoms with Crippen molar-refractivity contribution in [3.63, 3.8) is 0 Å². The van der Waals surface area contributed by atoms with E-state index in [4.69, 9.17) is 10.00 Å². The van der Waals surface area contributed by atoms with Crippen LogP contribution in [0.15, 0.2) is 42.5 Å². The molecule has 11 heteroatoms. The normalized spacial score (nSPS) is 11.0. The second-order valence-electron chi connectivity index (χ2n) is 6.41. The average molecular weight is 426 g/mol. The lowest BCUT2D eigenvalue weighted by Crippen LogP contribution is -2.24. The Kier molecular flexibility index (Phi) is 6.08. The van der Waals surface area contributed by atoms with Gasteiger partial charge in [-0.05, 0) is 53.2 Å². The number of carbonyl (C=O) groups is 1. The summed E-state index contributed by atoms with van der Waals surface area (Å²) in [5.41, 5.74) is 1.81. The van der Waals surface area contributed by atoms with Crippen molar-refractivity contribution in [3.8, 4) is 17.5 Å². The van der Waals surface area contributed by atoms with Crippen molar-refractivity contribution in [3.05, 3.63) is 59.4 Å². The van der Waals surface area contributed by atoms with Gasteiger partial charge in [-0.25, -0.2) is 8.42 Å². The van der Waals surface area contributed by atoms with Gasteiger partial charge in [0.15, 0.2) is 15.7 Å². The van der Waals surface area contributed by atoms with Crippen LogP contribution < -0.4 is 10.1 Å². The van der Waals surface area contributed by atoms with Crippen molar-refractivity contribution in [2.45, 2.75) is 12.7 Å². The van der Waals surface area contributed by atoms with Crippen LogP contribution in [0.5, 0.6) is 5.75 Å². The van der Waals surface area contributed by atoms with E-state index in [1.807, 2.05) is 6.07 Å². The number of sulfone groups is 1. The molecule has 30 heavy (non-hydrogen) atoms. The molecule has 3 rings (SSSR count). The smallest absolute Gasteiger partial charge is 0.239 e. The maximum absolute atomic E-state index is 12.4. The highest BCUT2D eigenvalue weighted by Gasteiger charge is 2.19. The van der Waals surface area contributed by atoms with Crippen LogP contribution in [0.25, 0.3) is 5.69 Å². The zero-order valence-electron chi connectivity index (χ0n) is 16.2. The van der Waals surface area contributed by atoms with E-state index in [0.29, 0.717) is 34.1 Å². The van der Waals surface area contributed by atoms with Crippen LogP contribution in [0.4, 0.5) is 5.69 Å². The first-order chi connectivity index (χ1) is 14.3. The predicted octanol–water partition coefficient (Wildman–Crippen LogP) is 1.40. The molecule has 0 unspecified atom stereocenters. The van der Waals surface area contributed by atoms with E-state index in [1.54, 1.807) is 37.3 Å². The Bertz CT molecular complexity index is 1210. The molecule has 0 saturated heterocycles. The van der Waals surface area contributed by atoms with Crippen LogP contribution >= 0.6 is 0 Å². The van der Waals surface area contributed by atoms with Gasteiger partial charge in [0.2, 0.25) is 5.91 Å². The number of hydrogen-bond donors (Lipinski definition) is 1. The summed E-state index contributed by atoms with van der Waals surface area (Å²) in [7, 11) is -2.21. The number of aromatic nitrogens is 4. The molecule has 1 aromatic heterocycles. The minimum Gasteiger partial charge on any atom is -0.494 e. The van der Waals surface area contributed by atoms with Gasteiger partial charge in [0, 0.05) is 5.69 Å². The Balaban J connectivity index is 1.72. The van der Waals surface area contributed by atoms with Crippen molar-refractivity contribution >= 4 is 21.4 Å². The Morgan fingerprint density at radius 1 is 1.23 bits per heavy atom. The average Bonchev–Trinajstić information content (AvgIpc) is 3.13. The molecule has 1 heterocycles. The first kappa shape index (κ1) is 20.9. The lowest BCUT2D eigenvalue weighted by atomic mass is 10.2. The van der Waals surface area contributed by atoms with Crippen molar-refractivity contribution < 1.29 is 17.9 Å². The topological polar surface area (TPSA) is 140 Å². The molecule has 0 aliphatic rings. The molecule has 0 saturated carbocycles. The van der Waals surface area contributed by atoms with Crippen molar-refractivity contribution in [2.24, 2.45) is 0 Å². The van der Waals surface area contributed by atoms with E-state index in [2.05, 4.69) is 20.8 Å². The molecule has 3 aromatic rings. The van der Waals surface area contributed by atoms with Gasteiger partial charge in [-0.3, -0.25) is 4.79 Å². The zero-order valence-corrected chi connectivity index (χ0v) is 17.0. The summed E-state index contributed by atoms with van der Waals surface area (Å²) in [6.07, 6.45) is 0. The highest BCUT2D eigenvalue weighted by molar-refractivity contribution is 7.91. The van der Waals surface area contributed by atoms with E-state index in [-0.39, 0.29) is 5.75 Å². The molecular weight excluding hydrogens is 408 g/mol. The molecule has 10 nitrogen and oxygen atoms in total. The highest BCUT2D eigenvalue weighted by atomic mass is 32.2. The number of methoxy groups -OCH3 is 1. The third-order valence-corrected chi connectivity index (χ3v) is 5.61. The summed E-state index contributed by atoms with van der Waals surface area (Å²) in [6, 6.07) is 12.9. The van der Waals surface area contributed by atoms with E-state index in [1.165, 1.54) is 23.9 Å². The summed E-state index contributed by atoms with van der Waals surface area (Å²) in [5, 5.41) is 22.7. The predicted molar refractivity (Wildman–Crippen MR) is 108 cm³/mol. The molecular formula is C19H18N6O4S. The molecule has 2 aromatic carbocycles. The van der Waals surface area contributed by atoms with Crippen LogP contribution in [0.1, 0.15) is 17.0 Å². The summed E-state index contributed by atoms with van der Waals surface area (Å²) in [5.74, 6) is -0.658. The van der Waals surface area contributed by atoms with Crippen molar-refractivity contribution in [1.82, 2.24) is 20.2 Å². The molecule has 1 amide bonds. The summed E-state index contributed by atoms with van der Waals surface area (Å²) < 4.78 is 31.5. The number of nitrogens with one attached hydrogen (secondary N) is 1. The number of tetrazole rings is 1. The molecule has 0 atom stereocenters. The van der Waals surface area contributed by atoms with Crippen LogP contribution in [-0.4, -0.2) is 47.4 Å². The minimum atomic E-state index is -3.70. The number of benzene rings is 2. The monoisotopic (exact) mass is 426 g/mol. The van der Waals surface area contributed by atoms with Gasteiger partial charge in [-0.2, -0.15) is 9.94 Å². The molecule has 0 aliphatic heterocycles. The molecule has 0 bridgehead atoms. The van der Waals surface area contributed by atoms with Crippen LogP contribution in [0.2, 0.25) is 0 Å². The summed E-state index contributed by atoms with van der Waals surface area (Å²) in [6.45, 7) is 1.71. The molecule has 154 valence electrons. The van der Waals surface area contributed by atoms with Crippen molar-refractivity contribution in [1.29, 1.82) is 5.26 Å². The van der Waals surface area contributed by atoms with Crippen LogP contribution in [0.3, 0.4) is 0 Å². The quantitative estimate of drug-likeness (QED) is 0.598. The number of carbonyl (C=O) groups excluding carboxylic acids is 1. The Morgan fingerprint density at radius 3 is 2.57 bits per heavy atom. The Labute approximate surface area is 173 Å². The van der Waals surface area contributed by atoms with Gasteiger partial charge in [-0.15, -0.1) is 5.10 Å². The fourth-order valence-corrected chi connectivity index (χ4v) is 4.04. The van der Waals surface area contributed by atoms with Gasteiger partial charge < -0.3 is 10.1 Å². The fraction of sp³-hybridized carbons (Fsp3) is 0.211. The van der Waals surface area contributed by atoms with Gasteiger partial charge in [0.05, 0.1) is 24.5 Å². The number of aryl methyl sites for hydroxylation is 1. The second kappa shape index (κ2) is 8.71. The van der Waals surface area contributed by atoms with Crippen LogP contribution in [0, 0.1) is 18.3 Å². The van der Waals surface area contributed by atoms with E-state index in [0.717, 1.165) is 0 Å². The summed E-state index contributed by atoms with van der Waals surface area (Å²) >= 11 is 0. The fourth-order valence-electron chi connectivity index (χ4n) is 2.76. The Morgan fingerprint density at radius 2 is 1.97 bits per heavy atom. The zero-order chi connectivity index (χ0) is 21.7. The standard InChI is InChI=1S/C19H18N6O4S/c1-13-22-23-24-25(13)17-9-16(7-8-18(17)29-2)21-19(26)12-30(27,28)11-15-5-3-14(10-20)4-6-15/h3-9H,11-12H2,1-2H3,(H,21,26). The third-order valence-electron chi connectivity index (χ3n) is 4.14. The number of anilines is 1. The molecule has 0 radical (unpaired) electrons. The van der Waals surface area contributed by atoms with Gasteiger partial charge in [-0.1, -0.05) is 12.1 Å². The molecule has 1 N–H and O–H groups in total. The first-order valence-electron chi connectivity index (χ1n) is 8.74. The minimum absolute atomic E-state index is 0.302. The Hall–Kier alpha value is -3.78. The number of ether oxygens (including phenoxy) is 1. The van der Waals surface area contributed by atoms with E-state index in [9.17, 15) is 13.2 Å². The number of nitrogens with zero attached hydrogens (tertiary/aromatic N) is 5. The van der Waals surface area contributed by atoms with E-state index >= 15 is 0 Å². The number of hydrogen-bond acceptors (Lipinski definition) is 8. The molecule has 0 spiro atoms. The van der Waals surface area contributed by atoms with Crippen LogP contribution in [-0.2, 0) is 20.4 Å². The lowest BCUT2D eigenvalue weighted by molar-refractivity contribution is -0.113. The highest BCUT2D eigenvalue weighted by Crippen LogP contribution is 2.26. The maximum atomic E-state index is 12.4. The van der Waals surface area contributed by atoms with E-state index < -0.39 is 21.5 Å². The second-order valence-corrected chi connectivity index (χ2v) is 8.48. The molecule has 0 fully saturated rings. The van der Waals surface area contributed by atoms with Gasteiger partial charge in [0.1, 0.15) is 17.2 Å². The largest absolute Gasteiger partial charge is 0.494 e. The van der Waals surface area contributed by atoms with Gasteiger partial charge in [0.25, 0.3) is 0 Å². The number of amides is 1. The number of nitriles is 1. The lowest BCUT2D eigenvalue weighted by Gasteiger charge is -2.12. The third kappa shape index (κ3) is 4.98. The van der Waals surface area contributed by atoms with Gasteiger partial charge >= 0.3 is 0 Å².